The Balaban J connectivity index is 2.51. The molecule has 0 saturated carbocycles. The predicted molar refractivity (Wildman–Crippen MR) is 128 cm³/mol. The number of nitrogens with one attached hydrogen (secondary N) is 3. The second kappa shape index (κ2) is 11.7. The monoisotopic (exact) mass is 424 g/mol. The molecule has 0 bridgehead atoms. The Morgan fingerprint density at radius 3 is 2.74 bits per heavy atom. The highest BCUT2D eigenvalue weighted by molar-refractivity contribution is 6.03. The molecule has 0 amide bonds. The van der Waals surface area contributed by atoms with Crippen LogP contribution >= 0.6 is 0 Å². The van der Waals surface area contributed by atoms with Crippen LogP contribution in [0.2, 0.25) is 0 Å². The summed E-state index contributed by atoms with van der Waals surface area (Å²) in [4.78, 5) is 13.3. The smallest absolute Gasteiger partial charge is 0.222 e. The van der Waals surface area contributed by atoms with Gasteiger partial charge in [-0.2, -0.15) is 0 Å². The van der Waals surface area contributed by atoms with E-state index in [1.165, 1.54) is 0 Å². The lowest BCUT2D eigenvalue weighted by Gasteiger charge is -2.20. The summed E-state index contributed by atoms with van der Waals surface area (Å²) in [5.41, 5.74) is 4.04. The van der Waals surface area contributed by atoms with Gasteiger partial charge in [-0.3, -0.25) is 0 Å². The molecule has 2 heterocycles. The van der Waals surface area contributed by atoms with Gasteiger partial charge in [0.2, 0.25) is 5.88 Å². The van der Waals surface area contributed by atoms with E-state index >= 15 is 0 Å². The Kier molecular flexibility index (Phi) is 8.99. The molecule has 2 aromatic heterocycles. The molecule has 166 valence electrons. The van der Waals surface area contributed by atoms with Crippen LogP contribution in [0.4, 0.5) is 11.4 Å². The van der Waals surface area contributed by atoms with Crippen LogP contribution in [0.3, 0.4) is 0 Å². The van der Waals surface area contributed by atoms with Crippen LogP contribution in [0.25, 0.3) is 11.3 Å². The molecule has 2 rings (SSSR count). The topological polar surface area (TPSA) is 105 Å². The van der Waals surface area contributed by atoms with Crippen molar-refractivity contribution < 1.29 is 9.47 Å². The molecule has 0 atom stereocenters. The Morgan fingerprint density at radius 1 is 1.32 bits per heavy atom. The molecule has 0 aromatic carbocycles. The molecule has 31 heavy (non-hydrogen) atoms. The molecule has 0 spiro atoms. The molecule has 0 fully saturated rings. The largest absolute Gasteiger partial charge is 0.484 e. The van der Waals surface area contributed by atoms with Crippen molar-refractivity contribution in [3.05, 3.63) is 42.4 Å². The number of hydrogen-bond acceptors (Lipinski definition) is 8. The van der Waals surface area contributed by atoms with Crippen LogP contribution in [-0.4, -0.2) is 47.9 Å². The third-order valence-corrected chi connectivity index (χ3v) is 4.20. The maximum Gasteiger partial charge on any atom is 0.222 e. The van der Waals surface area contributed by atoms with Gasteiger partial charge < -0.3 is 25.5 Å². The van der Waals surface area contributed by atoms with Crippen molar-refractivity contribution in [1.82, 2.24) is 9.97 Å². The van der Waals surface area contributed by atoms with Gasteiger partial charge in [0.1, 0.15) is 5.69 Å². The molecule has 0 unspecified atom stereocenters. The minimum absolute atomic E-state index is 0.174. The van der Waals surface area contributed by atoms with Gasteiger partial charge >= 0.3 is 0 Å². The van der Waals surface area contributed by atoms with Gasteiger partial charge in [0, 0.05) is 31.9 Å². The van der Waals surface area contributed by atoms with E-state index in [1.807, 2.05) is 31.2 Å². The van der Waals surface area contributed by atoms with E-state index in [2.05, 4.69) is 34.5 Å². The highest BCUT2D eigenvalue weighted by Crippen LogP contribution is 2.34. The fourth-order valence-corrected chi connectivity index (χ4v) is 2.80. The number of aliphatic imine (C=N–C) groups is 1. The van der Waals surface area contributed by atoms with E-state index in [4.69, 9.17) is 19.9 Å². The molecule has 0 aliphatic heterocycles. The Bertz CT molecular complexity index is 953. The lowest BCUT2D eigenvalue weighted by atomic mass is 10.1. The number of ether oxygens (including phenoxy) is 2. The van der Waals surface area contributed by atoms with Crippen molar-refractivity contribution in [3.8, 4) is 17.1 Å². The lowest BCUT2D eigenvalue weighted by molar-refractivity contribution is 0.328. The van der Waals surface area contributed by atoms with E-state index in [-0.39, 0.29) is 6.04 Å². The average Bonchev–Trinajstić information content (AvgIpc) is 2.74. The van der Waals surface area contributed by atoms with Crippen LogP contribution in [0.1, 0.15) is 40.3 Å². The maximum atomic E-state index is 8.30. The minimum atomic E-state index is 0.174. The van der Waals surface area contributed by atoms with Gasteiger partial charge in [0.05, 0.1) is 42.1 Å². The van der Waals surface area contributed by atoms with Crippen LogP contribution in [0.5, 0.6) is 5.88 Å². The number of pyridine rings is 2. The number of hydrogen-bond donors (Lipinski definition) is 3. The first-order valence-corrected chi connectivity index (χ1v) is 10.3. The van der Waals surface area contributed by atoms with Crippen molar-refractivity contribution in [2.75, 3.05) is 30.9 Å². The number of rotatable bonds is 10. The highest BCUT2D eigenvalue weighted by atomic mass is 16.5. The first kappa shape index (κ1) is 23.9. The maximum absolute atomic E-state index is 8.30. The molecule has 2 aromatic rings. The number of aromatic nitrogens is 2. The first-order chi connectivity index (χ1) is 14.9. The number of nitrogens with zero attached hydrogens (tertiary/aromatic N) is 3. The zero-order valence-electron chi connectivity index (χ0n) is 19.1. The summed E-state index contributed by atoms with van der Waals surface area (Å²) < 4.78 is 10.7. The summed E-state index contributed by atoms with van der Waals surface area (Å²) >= 11 is 0. The van der Waals surface area contributed by atoms with Crippen molar-refractivity contribution >= 4 is 23.0 Å². The third-order valence-electron chi connectivity index (χ3n) is 4.20. The highest BCUT2D eigenvalue weighted by Gasteiger charge is 2.18. The molecular weight excluding hydrogens is 392 g/mol. The second-order valence-corrected chi connectivity index (χ2v) is 7.11. The second-order valence-electron chi connectivity index (χ2n) is 7.11. The van der Waals surface area contributed by atoms with E-state index in [1.54, 1.807) is 33.4 Å². The van der Waals surface area contributed by atoms with Gasteiger partial charge in [-0.05, 0) is 52.0 Å². The molecule has 3 N–H and O–H groups in total. The van der Waals surface area contributed by atoms with Crippen LogP contribution in [0, 0.1) is 5.41 Å². The first-order valence-electron chi connectivity index (χ1n) is 10.3. The zero-order chi connectivity index (χ0) is 22.8. The number of methoxy groups -OCH3 is 1. The minimum Gasteiger partial charge on any atom is -0.484 e. The molecule has 8 nitrogen and oxygen atoms in total. The van der Waals surface area contributed by atoms with Crippen molar-refractivity contribution in [2.45, 2.75) is 40.7 Å². The summed E-state index contributed by atoms with van der Waals surface area (Å²) in [7, 11) is 1.59. The quantitative estimate of drug-likeness (QED) is 0.376. The summed E-state index contributed by atoms with van der Waals surface area (Å²) in [6.07, 6.45) is 5.29. The van der Waals surface area contributed by atoms with Crippen molar-refractivity contribution in [1.29, 1.82) is 5.41 Å². The van der Waals surface area contributed by atoms with E-state index in [9.17, 15) is 0 Å². The van der Waals surface area contributed by atoms with Gasteiger partial charge in [0.15, 0.2) is 5.90 Å². The molecule has 0 aliphatic carbocycles. The third kappa shape index (κ3) is 6.80. The summed E-state index contributed by atoms with van der Waals surface area (Å²) in [6, 6.07) is 5.90. The van der Waals surface area contributed by atoms with Gasteiger partial charge in [0.25, 0.3) is 0 Å². The predicted octanol–water partition coefficient (Wildman–Crippen LogP) is 4.74. The zero-order valence-corrected chi connectivity index (χ0v) is 19.1. The molecule has 0 radical (unpaired) electrons. The fourth-order valence-electron chi connectivity index (χ4n) is 2.80. The van der Waals surface area contributed by atoms with Gasteiger partial charge in [-0.25, -0.2) is 15.0 Å². The molecule has 0 saturated heterocycles. The Labute approximate surface area is 184 Å². The molecule has 0 aliphatic rings. The summed E-state index contributed by atoms with van der Waals surface area (Å²) in [6.45, 7) is 10.6. The molecular formula is C23H32N6O2. The number of anilines is 2. The van der Waals surface area contributed by atoms with Crippen LogP contribution < -0.4 is 15.4 Å². The fraction of sp³-hybridized carbons (Fsp3) is 0.391. The van der Waals surface area contributed by atoms with Crippen molar-refractivity contribution in [3.63, 3.8) is 0 Å². The van der Waals surface area contributed by atoms with Crippen LogP contribution in [-0.2, 0) is 4.74 Å². The Hall–Kier alpha value is -3.42. The Morgan fingerprint density at radius 2 is 2.10 bits per heavy atom. The van der Waals surface area contributed by atoms with Crippen molar-refractivity contribution in [2.24, 2.45) is 4.99 Å². The van der Waals surface area contributed by atoms with Gasteiger partial charge in [-0.15, -0.1) is 0 Å². The summed E-state index contributed by atoms with van der Waals surface area (Å²) in [5, 5.41) is 15.1. The van der Waals surface area contributed by atoms with E-state index in [0.717, 1.165) is 16.9 Å². The van der Waals surface area contributed by atoms with Gasteiger partial charge in [-0.1, -0.05) is 0 Å². The van der Waals surface area contributed by atoms with E-state index < -0.39 is 0 Å². The standard InChI is InChI=1S/C23H32N6O2/c1-7-31-23-18(10-8-11-27-23)19-14-20(26-13-9-12-25-17(5)30-6)22(28-15(2)3)21(29-19)16(4)24/h8-12,14-15,24,28H,7,13H2,1-6H3,(H,26,29)/b12-9+,24-16?,25-17?. The normalized spacial score (nSPS) is 11.6. The summed E-state index contributed by atoms with van der Waals surface area (Å²) in [5.74, 6) is 1.11. The van der Waals surface area contributed by atoms with Crippen LogP contribution in [0.15, 0.2) is 41.7 Å². The average molecular weight is 425 g/mol. The van der Waals surface area contributed by atoms with E-state index in [0.29, 0.717) is 42.0 Å². The molecule has 8 heteroatoms. The SMILES string of the molecule is CCOc1ncccc1-c1cc(NC/C=C/N=C(C)OC)c(NC(C)C)c(C(C)=N)n1. The lowest BCUT2D eigenvalue weighted by Crippen LogP contribution is -2.17.